The minimum Gasteiger partial charge on any atom is -0.508 e. The molecule has 258 valence electrons. The first kappa shape index (κ1) is 35.8. The lowest BCUT2D eigenvalue weighted by Gasteiger charge is -2.34. The number of carbonyl (C=O) groups is 1. The lowest BCUT2D eigenvalue weighted by Crippen LogP contribution is -2.38. The van der Waals surface area contributed by atoms with Gasteiger partial charge in [-0.1, -0.05) is 31.2 Å². The predicted octanol–water partition coefficient (Wildman–Crippen LogP) is 9.07. The van der Waals surface area contributed by atoms with E-state index in [4.69, 9.17) is 19.2 Å². The monoisotopic (exact) mass is 898 g/mol. The van der Waals surface area contributed by atoms with Gasteiger partial charge in [0.2, 0.25) is 5.60 Å². The predicted molar refractivity (Wildman–Crippen MR) is 209 cm³/mol. The molecule has 2 atom stereocenters. The number of halogens is 2. The van der Waals surface area contributed by atoms with Gasteiger partial charge < -0.3 is 35.2 Å². The summed E-state index contributed by atoms with van der Waals surface area (Å²) in [7, 11) is 1.86. The molecular weight excluding hydrogens is 862 g/mol. The Kier molecular flexibility index (Phi) is 10.8. The van der Waals surface area contributed by atoms with Gasteiger partial charge in [-0.3, -0.25) is 4.79 Å². The number of carboxylic acids is 1. The summed E-state index contributed by atoms with van der Waals surface area (Å²) in [5, 5.41) is 25.3. The molecule has 50 heavy (non-hydrogen) atoms. The second kappa shape index (κ2) is 15.1. The highest BCUT2D eigenvalue weighted by atomic mass is 127. The van der Waals surface area contributed by atoms with E-state index in [1.165, 1.54) is 0 Å². The van der Waals surface area contributed by atoms with E-state index in [9.17, 15) is 15.0 Å². The summed E-state index contributed by atoms with van der Waals surface area (Å²) in [6.45, 7) is 6.57. The third-order valence-electron chi connectivity index (χ3n) is 8.45. The second-order valence-corrected chi connectivity index (χ2v) is 14.4. The number of anilines is 1. The number of nitrogens with one attached hydrogen (secondary N) is 2. The van der Waals surface area contributed by atoms with Gasteiger partial charge in [-0.2, -0.15) is 4.89 Å². The van der Waals surface area contributed by atoms with Crippen LogP contribution in [0.1, 0.15) is 40.3 Å². The van der Waals surface area contributed by atoms with Gasteiger partial charge in [-0.25, -0.2) is 0 Å². The molecule has 2 aliphatic heterocycles. The number of phenolic OH excluding ortho intramolecular Hbond substituents is 1. The fraction of sp³-hybridized carbons (Fsp3) is 0.205. The van der Waals surface area contributed by atoms with Crippen LogP contribution in [0, 0.1) is 21.0 Å². The number of fused-ring (bicyclic) bond motifs is 6. The summed E-state index contributed by atoms with van der Waals surface area (Å²) in [5.74, 6) is 2.82. The van der Waals surface area contributed by atoms with Crippen molar-refractivity contribution < 1.29 is 34.3 Å². The van der Waals surface area contributed by atoms with Crippen LogP contribution in [0.2, 0.25) is 0 Å². The number of rotatable bonds is 8. The average molecular weight is 899 g/mol. The Morgan fingerprint density at radius 3 is 2.36 bits per heavy atom. The van der Waals surface area contributed by atoms with Crippen molar-refractivity contribution in [3.8, 4) is 34.5 Å². The molecule has 0 aromatic heterocycles. The van der Waals surface area contributed by atoms with Crippen molar-refractivity contribution in [1.29, 1.82) is 0 Å². The maximum absolute atomic E-state index is 11.3. The molecule has 0 saturated heterocycles. The molecule has 0 bridgehead atoms. The van der Waals surface area contributed by atoms with Gasteiger partial charge in [0, 0.05) is 45.1 Å². The number of aliphatic carboxylic acids is 1. The quantitative estimate of drug-likeness (QED) is 0.0894. The average Bonchev–Trinajstić information content (AvgIpc) is 3.45. The fourth-order valence-corrected chi connectivity index (χ4v) is 7.96. The lowest BCUT2D eigenvalue weighted by molar-refractivity contribution is -0.245. The van der Waals surface area contributed by atoms with Gasteiger partial charge in [0.15, 0.2) is 5.75 Å². The summed E-state index contributed by atoms with van der Waals surface area (Å²) in [6, 6.07) is 28.1. The highest BCUT2D eigenvalue weighted by Crippen LogP contribution is 2.57. The summed E-state index contributed by atoms with van der Waals surface area (Å²) >= 11 is 4.53. The number of likely N-dealkylation sites (N-methyl/N-ethyl adjacent to an activating group) is 1. The van der Waals surface area contributed by atoms with E-state index in [2.05, 4.69) is 61.9 Å². The van der Waals surface area contributed by atoms with Crippen molar-refractivity contribution in [2.24, 2.45) is 0 Å². The molecule has 0 aliphatic carbocycles. The second-order valence-electron chi connectivity index (χ2n) is 12.0. The van der Waals surface area contributed by atoms with Gasteiger partial charge >= 0.3 is 5.97 Å². The third kappa shape index (κ3) is 7.22. The van der Waals surface area contributed by atoms with E-state index >= 15 is 0 Å². The molecule has 2 aliphatic rings. The Hall–Kier alpha value is -4.05. The zero-order chi connectivity index (χ0) is 35.6. The van der Waals surface area contributed by atoms with Crippen LogP contribution in [0.3, 0.4) is 0 Å². The van der Waals surface area contributed by atoms with E-state index in [0.717, 1.165) is 57.7 Å². The molecule has 0 radical (unpaired) electrons. The molecule has 0 fully saturated rings. The van der Waals surface area contributed by atoms with Gasteiger partial charge in [0.25, 0.3) is 0 Å². The van der Waals surface area contributed by atoms with Gasteiger partial charge in [0.05, 0.1) is 3.57 Å². The van der Waals surface area contributed by atoms with Crippen LogP contribution in [0.25, 0.3) is 0 Å². The third-order valence-corrected chi connectivity index (χ3v) is 9.87. The van der Waals surface area contributed by atoms with Crippen molar-refractivity contribution in [1.82, 2.24) is 5.32 Å². The van der Waals surface area contributed by atoms with E-state index in [1.807, 2.05) is 101 Å². The minimum atomic E-state index is -0.931. The molecule has 1 spiro atoms. The normalized spacial score (nSPS) is 15.7. The zero-order valence-corrected chi connectivity index (χ0v) is 32.2. The first-order chi connectivity index (χ1) is 24.0. The molecule has 0 amide bonds. The molecule has 9 nitrogen and oxygen atoms in total. The van der Waals surface area contributed by atoms with Crippen LogP contribution >= 0.6 is 45.2 Å². The maximum atomic E-state index is 11.3. The number of hydrogen-bond acceptors (Lipinski definition) is 8. The molecule has 2 unspecified atom stereocenters. The number of aromatic hydroxyl groups is 1. The topological polar surface area (TPSA) is 119 Å². The van der Waals surface area contributed by atoms with E-state index < -0.39 is 17.6 Å². The Labute approximate surface area is 318 Å². The smallest absolute Gasteiger partial charge is 0.321 e. The van der Waals surface area contributed by atoms with Crippen LogP contribution in [0.15, 0.2) is 91.0 Å². The van der Waals surface area contributed by atoms with Crippen molar-refractivity contribution in [2.45, 2.75) is 38.8 Å². The summed E-state index contributed by atoms with van der Waals surface area (Å²) < 4.78 is 14.2. The summed E-state index contributed by atoms with van der Waals surface area (Å²) in [5.41, 5.74) is 5.70. The van der Waals surface area contributed by atoms with Crippen molar-refractivity contribution in [2.75, 3.05) is 18.9 Å². The first-order valence-corrected chi connectivity index (χ1v) is 18.2. The largest absolute Gasteiger partial charge is 0.508 e. The molecule has 5 aromatic rings. The van der Waals surface area contributed by atoms with Gasteiger partial charge in [0.1, 0.15) is 34.8 Å². The molecule has 0 saturated carbocycles. The molecule has 4 N–H and O–H groups in total. The number of hydrogen-bond donors (Lipinski definition) is 4. The Bertz CT molecular complexity index is 2030. The van der Waals surface area contributed by atoms with Crippen molar-refractivity contribution in [3.05, 3.63) is 132 Å². The molecule has 11 heteroatoms. The fourth-order valence-electron chi connectivity index (χ4n) is 6.22. The van der Waals surface area contributed by atoms with Gasteiger partial charge in [-0.05, 0) is 143 Å². The lowest BCUT2D eigenvalue weighted by atomic mass is 9.78. The molecule has 7 rings (SSSR count). The summed E-state index contributed by atoms with van der Waals surface area (Å²) in [6.07, 6.45) is 0.447. The van der Waals surface area contributed by atoms with Crippen LogP contribution in [-0.4, -0.2) is 35.8 Å². The maximum Gasteiger partial charge on any atom is 0.321 e. The Morgan fingerprint density at radius 1 is 0.900 bits per heavy atom. The van der Waals surface area contributed by atoms with E-state index in [0.29, 0.717) is 30.2 Å². The zero-order valence-electron chi connectivity index (χ0n) is 27.8. The first-order valence-electron chi connectivity index (χ1n) is 16.0. The molecular formula is C39H36I2N2O7. The Balaban J connectivity index is 0.000000173. The number of aryl methyl sites for hydroxylation is 2. The summed E-state index contributed by atoms with van der Waals surface area (Å²) in [4.78, 5) is 22.9. The number of para-hydroxylation sites is 1. The van der Waals surface area contributed by atoms with Crippen LogP contribution < -0.4 is 25.0 Å². The van der Waals surface area contributed by atoms with Gasteiger partial charge in [-0.15, -0.1) is 0 Å². The minimum absolute atomic E-state index is 0.137. The SMILES string of the molecule is CCNC(Cc1cc(C)c(Oc2cc(C)cc(I)c2)c(I)c1)C(=O)O.CNc1ccc2c(c1)OOC21c2ccccc2Oc2cc(O)ccc21. The number of carboxylic acid groups (broad SMARTS) is 1. The highest BCUT2D eigenvalue weighted by molar-refractivity contribution is 14.1. The van der Waals surface area contributed by atoms with Crippen molar-refractivity contribution in [3.63, 3.8) is 0 Å². The standard InChI is InChI=1S/C20H15NO4.C19H21I2NO3/c1-21-12-6-8-16-19(10-12)24-25-20(16)14-4-2-3-5-17(14)23-18-11-13(22)7-9-15(18)20;1-4-22-17(19(23)24)9-13-7-12(3)18(16(21)8-13)25-15-6-11(2)5-14(20)10-15/h2-11,21-22H,1H3;5-8,10,17,22H,4,9H2,1-3H3,(H,23,24). The van der Waals surface area contributed by atoms with E-state index in [1.54, 1.807) is 12.1 Å². The van der Waals surface area contributed by atoms with Crippen LogP contribution in [0.4, 0.5) is 5.69 Å². The Morgan fingerprint density at radius 2 is 1.64 bits per heavy atom. The number of benzene rings is 5. The number of phenols is 1. The van der Waals surface area contributed by atoms with Crippen LogP contribution in [0.5, 0.6) is 34.5 Å². The highest BCUT2D eigenvalue weighted by Gasteiger charge is 2.52. The van der Waals surface area contributed by atoms with E-state index in [-0.39, 0.29) is 5.75 Å². The number of ether oxygens (including phenoxy) is 2. The van der Waals surface area contributed by atoms with Crippen LogP contribution in [-0.2, 0) is 21.7 Å². The molecule has 5 aromatic carbocycles. The van der Waals surface area contributed by atoms with Crippen molar-refractivity contribution >= 4 is 56.8 Å². The molecule has 2 heterocycles.